The van der Waals surface area contributed by atoms with E-state index in [1.165, 1.54) is 0 Å². The molecule has 1 atom stereocenters. The van der Waals surface area contributed by atoms with Crippen LogP contribution < -0.4 is 5.32 Å². The Kier molecular flexibility index (Phi) is 8.67. The summed E-state index contributed by atoms with van der Waals surface area (Å²) in [6, 6.07) is 24.4. The number of halogens is 1. The van der Waals surface area contributed by atoms with Gasteiger partial charge in [-0.3, -0.25) is 9.59 Å². The lowest BCUT2D eigenvalue weighted by atomic mass is 10.00. The molecule has 0 saturated heterocycles. The van der Waals surface area contributed by atoms with E-state index < -0.39 is 6.04 Å². The number of amides is 2. The van der Waals surface area contributed by atoms with Crippen molar-refractivity contribution in [2.24, 2.45) is 0 Å². The molecular weight excluding hydrogens is 432 g/mol. The lowest BCUT2D eigenvalue weighted by Crippen LogP contribution is -2.52. The van der Waals surface area contributed by atoms with Crippen molar-refractivity contribution in [1.29, 1.82) is 0 Å². The Bertz CT molecular complexity index is 1080. The number of nitrogens with zero attached hydrogens (tertiary/aromatic N) is 1. The van der Waals surface area contributed by atoms with Gasteiger partial charge in [-0.15, -0.1) is 0 Å². The number of carbonyl (C=O) groups is 2. The number of benzene rings is 3. The van der Waals surface area contributed by atoms with Gasteiger partial charge >= 0.3 is 0 Å². The van der Waals surface area contributed by atoms with Crippen LogP contribution in [0.2, 0.25) is 5.02 Å². The van der Waals surface area contributed by atoms with E-state index in [4.69, 9.17) is 11.6 Å². The van der Waals surface area contributed by atoms with Gasteiger partial charge in [-0.25, -0.2) is 0 Å². The van der Waals surface area contributed by atoms with Crippen molar-refractivity contribution >= 4 is 23.4 Å². The largest absolute Gasteiger partial charge is 0.352 e. The van der Waals surface area contributed by atoms with Crippen molar-refractivity contribution in [1.82, 2.24) is 10.2 Å². The standard InChI is InChI=1S/C28H31ClN2O2/c1-20(2)30-28(33)26(17-22-12-5-4-6-13-22)31(19-24-15-8-7-11-21(24)3)27(32)18-23-14-9-10-16-25(23)29/h4-16,20,26H,17-19H2,1-3H3,(H,30,33)/t26-/m1/s1. The number of hydrogen-bond acceptors (Lipinski definition) is 2. The molecule has 3 rings (SSSR count). The molecule has 0 aliphatic carbocycles. The third kappa shape index (κ3) is 6.93. The van der Waals surface area contributed by atoms with E-state index in [1.54, 1.807) is 11.0 Å². The van der Waals surface area contributed by atoms with Gasteiger partial charge in [0.05, 0.1) is 6.42 Å². The monoisotopic (exact) mass is 462 g/mol. The number of hydrogen-bond donors (Lipinski definition) is 1. The minimum Gasteiger partial charge on any atom is -0.352 e. The van der Waals surface area contributed by atoms with Crippen LogP contribution in [0.25, 0.3) is 0 Å². The van der Waals surface area contributed by atoms with E-state index in [0.29, 0.717) is 18.0 Å². The molecule has 4 nitrogen and oxygen atoms in total. The first kappa shape index (κ1) is 24.5. The van der Waals surface area contributed by atoms with Crippen molar-refractivity contribution < 1.29 is 9.59 Å². The van der Waals surface area contributed by atoms with Crippen LogP contribution in [0.1, 0.15) is 36.1 Å². The number of rotatable bonds is 9. The molecule has 33 heavy (non-hydrogen) atoms. The van der Waals surface area contributed by atoms with Crippen molar-refractivity contribution in [3.05, 3.63) is 106 Å². The molecule has 0 unspecified atom stereocenters. The molecule has 0 saturated carbocycles. The van der Waals surface area contributed by atoms with Gasteiger partial charge in [0.25, 0.3) is 0 Å². The average molecular weight is 463 g/mol. The predicted molar refractivity (Wildman–Crippen MR) is 134 cm³/mol. The maximum Gasteiger partial charge on any atom is 0.243 e. The molecule has 1 N–H and O–H groups in total. The van der Waals surface area contributed by atoms with Gasteiger partial charge < -0.3 is 10.2 Å². The molecule has 0 fully saturated rings. The van der Waals surface area contributed by atoms with Gasteiger partial charge in [-0.2, -0.15) is 0 Å². The highest BCUT2D eigenvalue weighted by molar-refractivity contribution is 6.31. The summed E-state index contributed by atoms with van der Waals surface area (Å²) in [6.45, 7) is 6.22. The van der Waals surface area contributed by atoms with E-state index in [0.717, 1.165) is 22.3 Å². The maximum atomic E-state index is 13.7. The second-order valence-electron chi connectivity index (χ2n) is 8.59. The summed E-state index contributed by atoms with van der Waals surface area (Å²) in [5, 5.41) is 3.56. The van der Waals surface area contributed by atoms with Crippen LogP contribution in [0.5, 0.6) is 0 Å². The molecule has 0 aliphatic heterocycles. The van der Waals surface area contributed by atoms with Gasteiger partial charge in [0.2, 0.25) is 11.8 Å². The lowest BCUT2D eigenvalue weighted by Gasteiger charge is -2.32. The lowest BCUT2D eigenvalue weighted by molar-refractivity contribution is -0.141. The molecule has 0 aromatic heterocycles. The summed E-state index contributed by atoms with van der Waals surface area (Å²) in [5.74, 6) is -0.291. The van der Waals surface area contributed by atoms with Crippen LogP contribution in [0.4, 0.5) is 0 Å². The molecule has 3 aromatic rings. The van der Waals surface area contributed by atoms with Crippen LogP contribution >= 0.6 is 11.6 Å². The Labute approximate surface area is 201 Å². The molecule has 0 radical (unpaired) electrons. The first-order chi connectivity index (χ1) is 15.8. The Morgan fingerprint density at radius 1 is 0.879 bits per heavy atom. The molecular formula is C28H31ClN2O2. The van der Waals surface area contributed by atoms with Crippen LogP contribution in [-0.4, -0.2) is 28.8 Å². The Morgan fingerprint density at radius 2 is 1.48 bits per heavy atom. The van der Waals surface area contributed by atoms with Crippen LogP contribution in [-0.2, 0) is 29.0 Å². The van der Waals surface area contributed by atoms with Crippen molar-refractivity contribution in [3.63, 3.8) is 0 Å². The van der Waals surface area contributed by atoms with Crippen molar-refractivity contribution in [2.45, 2.75) is 52.2 Å². The predicted octanol–water partition coefficient (Wildman–Crippen LogP) is 5.36. The smallest absolute Gasteiger partial charge is 0.243 e. The number of carbonyl (C=O) groups excluding carboxylic acids is 2. The van der Waals surface area contributed by atoms with E-state index in [1.807, 2.05) is 93.6 Å². The third-order valence-electron chi connectivity index (χ3n) is 5.60. The first-order valence-electron chi connectivity index (χ1n) is 11.3. The minimum atomic E-state index is -0.649. The topological polar surface area (TPSA) is 49.4 Å². The summed E-state index contributed by atoms with van der Waals surface area (Å²) >= 11 is 6.35. The fourth-order valence-corrected chi connectivity index (χ4v) is 4.01. The molecule has 0 bridgehead atoms. The summed E-state index contributed by atoms with van der Waals surface area (Å²) in [6.07, 6.45) is 0.561. The second kappa shape index (κ2) is 11.7. The number of nitrogens with one attached hydrogen (secondary N) is 1. The average Bonchev–Trinajstić information content (AvgIpc) is 2.79. The van der Waals surface area contributed by atoms with Gasteiger partial charge in [-0.1, -0.05) is 84.4 Å². The molecule has 172 valence electrons. The van der Waals surface area contributed by atoms with Gasteiger partial charge in [0.1, 0.15) is 6.04 Å². The van der Waals surface area contributed by atoms with E-state index in [2.05, 4.69) is 5.32 Å². The summed E-state index contributed by atoms with van der Waals surface area (Å²) < 4.78 is 0. The quantitative estimate of drug-likeness (QED) is 0.465. The van der Waals surface area contributed by atoms with Crippen molar-refractivity contribution in [2.75, 3.05) is 0 Å². The van der Waals surface area contributed by atoms with Gasteiger partial charge in [0.15, 0.2) is 0 Å². The van der Waals surface area contributed by atoms with Crippen molar-refractivity contribution in [3.8, 4) is 0 Å². The van der Waals surface area contributed by atoms with Crippen LogP contribution in [0, 0.1) is 6.92 Å². The highest BCUT2D eigenvalue weighted by atomic mass is 35.5. The second-order valence-corrected chi connectivity index (χ2v) is 8.99. The highest BCUT2D eigenvalue weighted by Crippen LogP contribution is 2.21. The SMILES string of the molecule is Cc1ccccc1CN(C(=O)Cc1ccccc1Cl)[C@H](Cc1ccccc1)C(=O)NC(C)C. The Hall–Kier alpha value is -3.11. The summed E-state index contributed by atoms with van der Waals surface area (Å²) in [4.78, 5) is 28.8. The molecule has 0 aliphatic rings. The highest BCUT2D eigenvalue weighted by Gasteiger charge is 2.31. The molecule has 3 aromatic carbocycles. The third-order valence-corrected chi connectivity index (χ3v) is 5.97. The molecule has 2 amide bonds. The number of aryl methyl sites for hydroxylation is 1. The normalized spacial score (nSPS) is 11.8. The minimum absolute atomic E-state index is 0.0326. The zero-order valence-corrected chi connectivity index (χ0v) is 20.2. The molecule has 5 heteroatoms. The fourth-order valence-electron chi connectivity index (χ4n) is 3.81. The molecule has 0 heterocycles. The van der Waals surface area contributed by atoms with E-state index in [-0.39, 0.29) is 24.3 Å². The molecule has 0 spiro atoms. The maximum absolute atomic E-state index is 13.7. The van der Waals surface area contributed by atoms with E-state index >= 15 is 0 Å². The van der Waals surface area contributed by atoms with Gasteiger partial charge in [0, 0.05) is 24.0 Å². The first-order valence-corrected chi connectivity index (χ1v) is 11.6. The van der Waals surface area contributed by atoms with Crippen LogP contribution in [0.3, 0.4) is 0 Å². The Balaban J connectivity index is 1.99. The summed E-state index contributed by atoms with van der Waals surface area (Å²) in [5.41, 5.74) is 3.85. The zero-order chi connectivity index (χ0) is 23.8. The van der Waals surface area contributed by atoms with Gasteiger partial charge in [-0.05, 0) is 49.1 Å². The summed E-state index contributed by atoms with van der Waals surface area (Å²) in [7, 11) is 0. The fraction of sp³-hybridized carbons (Fsp3) is 0.286. The van der Waals surface area contributed by atoms with E-state index in [9.17, 15) is 9.59 Å². The Morgan fingerprint density at radius 3 is 2.12 bits per heavy atom. The zero-order valence-electron chi connectivity index (χ0n) is 19.4. The van der Waals surface area contributed by atoms with Crippen LogP contribution in [0.15, 0.2) is 78.9 Å².